The van der Waals surface area contributed by atoms with E-state index < -0.39 is 0 Å². The second kappa shape index (κ2) is 6.85. The summed E-state index contributed by atoms with van der Waals surface area (Å²) < 4.78 is 11.7. The smallest absolute Gasteiger partial charge is 0.187 e. The fourth-order valence-corrected chi connectivity index (χ4v) is 4.36. The van der Waals surface area contributed by atoms with E-state index in [9.17, 15) is 9.59 Å². The van der Waals surface area contributed by atoms with Crippen LogP contribution in [-0.4, -0.2) is 25.8 Å². The number of ketones is 2. The number of allylic oxidation sites excluding steroid dienone is 2. The topological polar surface area (TPSA) is 52.6 Å². The van der Waals surface area contributed by atoms with Crippen LogP contribution >= 0.6 is 0 Å². The van der Waals surface area contributed by atoms with Gasteiger partial charge in [0.05, 0.1) is 14.2 Å². The Balaban J connectivity index is 2.12. The van der Waals surface area contributed by atoms with Crippen molar-refractivity contribution in [1.29, 1.82) is 0 Å². The maximum absolute atomic E-state index is 13.0. The van der Waals surface area contributed by atoms with Crippen molar-refractivity contribution in [1.82, 2.24) is 0 Å². The van der Waals surface area contributed by atoms with Crippen molar-refractivity contribution >= 4 is 33.1 Å². The molecule has 146 valence electrons. The summed E-state index contributed by atoms with van der Waals surface area (Å²) in [6.45, 7) is 0. The van der Waals surface area contributed by atoms with Gasteiger partial charge in [-0.05, 0) is 23.8 Å². The highest BCUT2D eigenvalue weighted by Crippen LogP contribution is 2.49. The molecular weight excluding hydrogens is 376 g/mol. The van der Waals surface area contributed by atoms with Crippen LogP contribution in [0.5, 0.6) is 11.5 Å². The molecule has 0 fully saturated rings. The van der Waals surface area contributed by atoms with Gasteiger partial charge in [0.25, 0.3) is 0 Å². The lowest BCUT2D eigenvalue weighted by molar-refractivity contribution is 0.0995. The van der Waals surface area contributed by atoms with E-state index in [1.165, 1.54) is 12.2 Å². The molecule has 0 heterocycles. The van der Waals surface area contributed by atoms with E-state index in [-0.39, 0.29) is 11.6 Å². The summed E-state index contributed by atoms with van der Waals surface area (Å²) in [6, 6.07) is 19.2. The number of ether oxygens (including phenoxy) is 2. The Morgan fingerprint density at radius 3 is 1.90 bits per heavy atom. The lowest BCUT2D eigenvalue weighted by Crippen LogP contribution is -2.14. The molecule has 0 radical (unpaired) electrons. The van der Waals surface area contributed by atoms with E-state index in [0.29, 0.717) is 28.2 Å². The molecule has 0 spiro atoms. The number of hydrogen-bond acceptors (Lipinski definition) is 4. The molecule has 30 heavy (non-hydrogen) atoms. The molecule has 0 aromatic heterocycles. The number of methoxy groups -OCH3 is 2. The number of benzene rings is 4. The van der Waals surface area contributed by atoms with Crippen LogP contribution in [0.25, 0.3) is 32.7 Å². The number of carbonyl (C=O) groups excluding carboxylic acids is 2. The van der Waals surface area contributed by atoms with E-state index in [4.69, 9.17) is 9.47 Å². The van der Waals surface area contributed by atoms with Crippen molar-refractivity contribution in [2.24, 2.45) is 0 Å². The zero-order valence-electron chi connectivity index (χ0n) is 16.6. The van der Waals surface area contributed by atoms with Crippen LogP contribution in [0.4, 0.5) is 0 Å². The van der Waals surface area contributed by atoms with Crippen LogP contribution in [0.3, 0.4) is 0 Å². The minimum atomic E-state index is -0.196. The van der Waals surface area contributed by atoms with Crippen LogP contribution in [-0.2, 0) is 0 Å². The van der Waals surface area contributed by atoms with Gasteiger partial charge in [0.2, 0.25) is 0 Å². The summed E-state index contributed by atoms with van der Waals surface area (Å²) in [7, 11) is 3.23. The monoisotopic (exact) mass is 394 g/mol. The maximum atomic E-state index is 13.0. The third-order valence-electron chi connectivity index (χ3n) is 5.58. The van der Waals surface area contributed by atoms with Crippen molar-refractivity contribution in [3.8, 4) is 22.6 Å². The minimum absolute atomic E-state index is 0.195. The average Bonchev–Trinajstić information content (AvgIpc) is 2.79. The Bertz CT molecular complexity index is 1380. The van der Waals surface area contributed by atoms with E-state index in [1.807, 2.05) is 54.6 Å². The van der Waals surface area contributed by atoms with Crippen molar-refractivity contribution in [3.63, 3.8) is 0 Å². The fraction of sp³-hybridized carbons (Fsp3) is 0.0769. The highest BCUT2D eigenvalue weighted by atomic mass is 16.5. The van der Waals surface area contributed by atoms with E-state index >= 15 is 0 Å². The third-order valence-corrected chi connectivity index (χ3v) is 5.58. The summed E-state index contributed by atoms with van der Waals surface area (Å²) in [4.78, 5) is 25.7. The van der Waals surface area contributed by atoms with E-state index in [1.54, 1.807) is 20.3 Å². The Labute approximate surface area is 173 Å². The summed E-state index contributed by atoms with van der Waals surface area (Å²) in [5.74, 6) is 0.909. The average molecular weight is 394 g/mol. The van der Waals surface area contributed by atoms with Crippen molar-refractivity contribution < 1.29 is 19.1 Å². The van der Waals surface area contributed by atoms with E-state index in [2.05, 4.69) is 0 Å². The molecule has 0 saturated heterocycles. The van der Waals surface area contributed by atoms with Crippen LogP contribution in [0.2, 0.25) is 0 Å². The highest BCUT2D eigenvalue weighted by Gasteiger charge is 2.29. The summed E-state index contributed by atoms with van der Waals surface area (Å²) in [5.41, 5.74) is 2.31. The van der Waals surface area contributed by atoms with Crippen LogP contribution < -0.4 is 9.47 Å². The molecule has 5 rings (SSSR count). The van der Waals surface area contributed by atoms with Crippen molar-refractivity contribution in [2.45, 2.75) is 0 Å². The lowest BCUT2D eigenvalue weighted by Gasteiger charge is -2.22. The first-order chi connectivity index (χ1) is 14.7. The number of hydrogen-bond donors (Lipinski definition) is 0. The molecule has 0 bridgehead atoms. The lowest BCUT2D eigenvalue weighted by atomic mass is 9.82. The Kier molecular flexibility index (Phi) is 4.14. The Hall–Kier alpha value is -3.92. The molecule has 1 aliphatic carbocycles. The normalized spacial score (nSPS) is 13.0. The fourth-order valence-electron chi connectivity index (χ4n) is 4.36. The second-order valence-electron chi connectivity index (χ2n) is 7.14. The Morgan fingerprint density at radius 1 is 0.633 bits per heavy atom. The molecule has 0 amide bonds. The van der Waals surface area contributed by atoms with Crippen LogP contribution in [0.15, 0.2) is 72.8 Å². The first kappa shape index (κ1) is 18.1. The zero-order valence-corrected chi connectivity index (χ0v) is 16.6. The number of rotatable bonds is 3. The van der Waals surface area contributed by atoms with Crippen LogP contribution in [0, 0.1) is 0 Å². The van der Waals surface area contributed by atoms with Gasteiger partial charge in [-0.3, -0.25) is 9.59 Å². The first-order valence-electron chi connectivity index (χ1n) is 9.61. The van der Waals surface area contributed by atoms with Gasteiger partial charge >= 0.3 is 0 Å². The predicted molar refractivity (Wildman–Crippen MR) is 118 cm³/mol. The predicted octanol–water partition coefficient (Wildman–Crippen LogP) is 5.61. The zero-order chi connectivity index (χ0) is 20.8. The van der Waals surface area contributed by atoms with Gasteiger partial charge in [0, 0.05) is 38.2 Å². The molecule has 4 aromatic rings. The standard InChI is InChI=1S/C26H18O4/c1-29-25-16-10-6-7-11-17(16)26(30-2)24-19(25)14-18-20(27)12-13-21(28)23(18)22(24)15-8-4-3-5-9-15/h3-14H,1-2H3. The van der Waals surface area contributed by atoms with Crippen LogP contribution in [0.1, 0.15) is 20.7 Å². The molecule has 0 atom stereocenters. The van der Waals surface area contributed by atoms with E-state index in [0.717, 1.165) is 27.1 Å². The van der Waals surface area contributed by atoms with Gasteiger partial charge in [0.15, 0.2) is 11.6 Å². The van der Waals surface area contributed by atoms with Gasteiger partial charge in [-0.25, -0.2) is 0 Å². The minimum Gasteiger partial charge on any atom is -0.495 e. The maximum Gasteiger partial charge on any atom is 0.187 e. The molecular formula is C26H18O4. The molecule has 4 nitrogen and oxygen atoms in total. The van der Waals surface area contributed by atoms with Gasteiger partial charge in [-0.15, -0.1) is 0 Å². The molecule has 0 N–H and O–H groups in total. The van der Waals surface area contributed by atoms with Gasteiger partial charge in [-0.1, -0.05) is 54.6 Å². The molecule has 4 heteroatoms. The van der Waals surface area contributed by atoms with Crippen molar-refractivity contribution in [2.75, 3.05) is 14.2 Å². The number of carbonyl (C=O) groups is 2. The first-order valence-corrected chi connectivity index (χ1v) is 9.61. The molecule has 0 unspecified atom stereocenters. The summed E-state index contributed by atoms with van der Waals surface area (Å²) >= 11 is 0. The molecule has 0 saturated carbocycles. The highest BCUT2D eigenvalue weighted by molar-refractivity contribution is 6.30. The Morgan fingerprint density at radius 2 is 1.23 bits per heavy atom. The molecule has 4 aromatic carbocycles. The summed E-state index contributed by atoms with van der Waals surface area (Å²) in [6.07, 6.45) is 2.67. The largest absolute Gasteiger partial charge is 0.495 e. The van der Waals surface area contributed by atoms with Gasteiger partial charge < -0.3 is 9.47 Å². The van der Waals surface area contributed by atoms with Crippen molar-refractivity contribution in [3.05, 3.63) is 83.9 Å². The second-order valence-corrected chi connectivity index (χ2v) is 7.14. The van der Waals surface area contributed by atoms with Gasteiger partial charge in [0.1, 0.15) is 11.5 Å². The molecule has 0 aliphatic heterocycles. The third kappa shape index (κ3) is 2.47. The quantitative estimate of drug-likeness (QED) is 0.424. The van der Waals surface area contributed by atoms with Gasteiger partial charge in [-0.2, -0.15) is 0 Å². The SMILES string of the molecule is COc1c2ccccc2c(OC)c2c(-c3ccccc3)c3c(cc12)C(=O)C=CC3=O. The molecule has 1 aliphatic rings. The number of fused-ring (bicyclic) bond motifs is 3. The summed E-state index contributed by atoms with van der Waals surface area (Å²) in [5, 5.41) is 3.26.